The van der Waals surface area contributed by atoms with Crippen LogP contribution in [0.25, 0.3) is 0 Å². The molecule has 9 heteroatoms. The Morgan fingerprint density at radius 3 is 2.25 bits per heavy atom. The fraction of sp³-hybridized carbons (Fsp3) is 0.158. The summed E-state index contributed by atoms with van der Waals surface area (Å²) in [5.74, 6) is -2.23. The summed E-state index contributed by atoms with van der Waals surface area (Å²) in [6.07, 6.45) is -0.0828. The van der Waals surface area contributed by atoms with E-state index in [-0.39, 0.29) is 12.3 Å². The number of rotatable bonds is 5. The van der Waals surface area contributed by atoms with Gasteiger partial charge in [0.25, 0.3) is 0 Å². The van der Waals surface area contributed by atoms with E-state index in [0.29, 0.717) is 32.7 Å². The monoisotopic (exact) mass is 420 g/mol. The maximum absolute atomic E-state index is 12.0. The fourth-order valence-corrected chi connectivity index (χ4v) is 2.51. The third-order valence-corrected chi connectivity index (χ3v) is 4.37. The van der Waals surface area contributed by atoms with E-state index in [4.69, 9.17) is 23.2 Å². The summed E-state index contributed by atoms with van der Waals surface area (Å²) in [6, 6.07) is 11.8. The summed E-state index contributed by atoms with van der Waals surface area (Å²) in [7, 11) is 0. The van der Waals surface area contributed by atoms with Gasteiger partial charge in [0.1, 0.15) is 0 Å². The van der Waals surface area contributed by atoms with Crippen molar-refractivity contribution in [1.82, 2.24) is 5.43 Å². The lowest BCUT2D eigenvalue weighted by molar-refractivity contribution is -0.136. The Bertz CT molecular complexity index is 945. The molecule has 0 bridgehead atoms. The fourth-order valence-electron chi connectivity index (χ4n) is 2.15. The van der Waals surface area contributed by atoms with Gasteiger partial charge in [0.15, 0.2) is 0 Å². The van der Waals surface area contributed by atoms with Crippen molar-refractivity contribution in [2.75, 3.05) is 10.6 Å². The maximum atomic E-state index is 12.0. The Kier molecular flexibility index (Phi) is 7.54. The lowest BCUT2D eigenvalue weighted by Crippen LogP contribution is -2.33. The summed E-state index contributed by atoms with van der Waals surface area (Å²) < 4.78 is 0. The molecule has 146 valence electrons. The highest BCUT2D eigenvalue weighted by molar-refractivity contribution is 6.40. The van der Waals surface area contributed by atoms with Crippen molar-refractivity contribution in [3.05, 3.63) is 58.1 Å². The number of halogens is 2. The molecule has 0 fully saturated rings. The highest BCUT2D eigenvalue weighted by Gasteiger charge is 2.15. The lowest BCUT2D eigenvalue weighted by atomic mass is 10.2. The Labute approximate surface area is 172 Å². The number of carbonyl (C=O) groups excluding carboxylic acids is 3. The van der Waals surface area contributed by atoms with Gasteiger partial charge >= 0.3 is 11.8 Å². The molecule has 2 rings (SSSR count). The second-order valence-electron chi connectivity index (χ2n) is 5.86. The Balaban J connectivity index is 1.88. The van der Waals surface area contributed by atoms with Crippen LogP contribution in [-0.2, 0) is 14.4 Å². The molecular weight excluding hydrogens is 403 g/mol. The molecular formula is C19H18Cl2N4O3. The molecule has 0 unspecified atom stereocenters. The van der Waals surface area contributed by atoms with E-state index >= 15 is 0 Å². The first-order chi connectivity index (χ1) is 13.3. The molecule has 7 nitrogen and oxygen atoms in total. The minimum Gasteiger partial charge on any atom is -0.324 e. The zero-order chi connectivity index (χ0) is 20.7. The summed E-state index contributed by atoms with van der Waals surface area (Å²) in [4.78, 5) is 35.9. The smallest absolute Gasteiger partial charge is 0.324 e. The highest BCUT2D eigenvalue weighted by atomic mass is 35.5. The zero-order valence-corrected chi connectivity index (χ0v) is 16.7. The van der Waals surface area contributed by atoms with Crippen LogP contribution in [0.15, 0.2) is 47.6 Å². The second-order valence-corrected chi connectivity index (χ2v) is 6.67. The number of nitrogens with zero attached hydrogens (tertiary/aromatic N) is 1. The average molecular weight is 421 g/mol. The topological polar surface area (TPSA) is 99.7 Å². The van der Waals surface area contributed by atoms with Gasteiger partial charge in [-0.1, -0.05) is 41.4 Å². The van der Waals surface area contributed by atoms with E-state index in [1.54, 1.807) is 56.3 Å². The second kappa shape index (κ2) is 9.87. The first-order valence-electron chi connectivity index (χ1n) is 8.22. The van der Waals surface area contributed by atoms with Crippen molar-refractivity contribution < 1.29 is 14.4 Å². The van der Waals surface area contributed by atoms with Crippen LogP contribution < -0.4 is 16.1 Å². The molecule has 0 aliphatic heterocycles. The number of nitrogens with one attached hydrogen (secondary N) is 3. The molecule has 3 N–H and O–H groups in total. The molecule has 0 aliphatic carbocycles. The van der Waals surface area contributed by atoms with Crippen LogP contribution in [0.2, 0.25) is 10.0 Å². The number of hydrogen-bond donors (Lipinski definition) is 3. The molecule has 2 aromatic rings. The van der Waals surface area contributed by atoms with Crippen LogP contribution in [0.1, 0.15) is 18.9 Å². The van der Waals surface area contributed by atoms with E-state index < -0.39 is 11.8 Å². The van der Waals surface area contributed by atoms with Gasteiger partial charge in [0.05, 0.1) is 17.1 Å². The van der Waals surface area contributed by atoms with Gasteiger partial charge in [-0.2, -0.15) is 5.10 Å². The molecule has 0 radical (unpaired) electrons. The third kappa shape index (κ3) is 6.07. The molecule has 28 heavy (non-hydrogen) atoms. The number of hydrazone groups is 1. The summed E-state index contributed by atoms with van der Waals surface area (Å²) >= 11 is 12.0. The van der Waals surface area contributed by atoms with Gasteiger partial charge in [-0.3, -0.25) is 14.4 Å². The number of carbonyl (C=O) groups is 3. The van der Waals surface area contributed by atoms with Crippen molar-refractivity contribution in [2.24, 2.45) is 5.10 Å². The van der Waals surface area contributed by atoms with E-state index in [1.165, 1.54) is 0 Å². The van der Waals surface area contributed by atoms with Gasteiger partial charge in [-0.15, -0.1) is 0 Å². The predicted molar refractivity (Wildman–Crippen MR) is 111 cm³/mol. The van der Waals surface area contributed by atoms with Crippen LogP contribution in [0.4, 0.5) is 11.4 Å². The Hall–Kier alpha value is -2.90. The Morgan fingerprint density at radius 1 is 0.893 bits per heavy atom. The molecule has 0 aliphatic rings. The van der Waals surface area contributed by atoms with E-state index in [9.17, 15) is 14.4 Å². The number of anilines is 2. The number of hydrogen-bond acceptors (Lipinski definition) is 4. The largest absolute Gasteiger partial charge is 0.329 e. The number of benzene rings is 2. The standard InChI is InChI=1S/C19H18Cl2N4O3/c1-11(10-17(26)22-16-8-4-3-6-14(16)21)24-25-19(28)18(27)23-15-9-5-7-13(20)12(15)2/h3-9H,10H2,1-2H3,(H,22,26)(H,23,27)(H,25,28)/b24-11+. The predicted octanol–water partition coefficient (Wildman–Crippen LogP) is 3.76. The first-order valence-corrected chi connectivity index (χ1v) is 8.97. The van der Waals surface area contributed by atoms with Crippen molar-refractivity contribution >= 4 is 58.0 Å². The molecule has 2 aromatic carbocycles. The Morgan fingerprint density at radius 2 is 1.54 bits per heavy atom. The van der Waals surface area contributed by atoms with Crippen molar-refractivity contribution in [3.8, 4) is 0 Å². The van der Waals surface area contributed by atoms with Crippen LogP contribution in [0, 0.1) is 6.92 Å². The molecule has 0 heterocycles. The van der Waals surface area contributed by atoms with Gasteiger partial charge < -0.3 is 10.6 Å². The van der Waals surface area contributed by atoms with Crippen molar-refractivity contribution in [2.45, 2.75) is 20.3 Å². The first kappa shape index (κ1) is 21.4. The van der Waals surface area contributed by atoms with Crippen molar-refractivity contribution in [3.63, 3.8) is 0 Å². The SMILES string of the molecule is C/C(CC(=O)Nc1ccccc1Cl)=N\NC(=O)C(=O)Nc1cccc(Cl)c1C. The molecule has 0 spiro atoms. The molecule has 0 saturated heterocycles. The van der Waals surface area contributed by atoms with Crippen LogP contribution >= 0.6 is 23.2 Å². The summed E-state index contributed by atoms with van der Waals surface area (Å²) in [5.41, 5.74) is 3.96. The zero-order valence-electron chi connectivity index (χ0n) is 15.2. The summed E-state index contributed by atoms with van der Waals surface area (Å²) in [6.45, 7) is 3.27. The lowest BCUT2D eigenvalue weighted by Gasteiger charge is -2.09. The molecule has 0 saturated carbocycles. The highest BCUT2D eigenvalue weighted by Crippen LogP contribution is 2.23. The van der Waals surface area contributed by atoms with E-state index in [1.807, 2.05) is 0 Å². The molecule has 0 atom stereocenters. The van der Waals surface area contributed by atoms with Crippen LogP contribution in [0.3, 0.4) is 0 Å². The van der Waals surface area contributed by atoms with Gasteiger partial charge in [-0.25, -0.2) is 5.43 Å². The van der Waals surface area contributed by atoms with Gasteiger partial charge in [0.2, 0.25) is 5.91 Å². The normalized spacial score (nSPS) is 10.9. The van der Waals surface area contributed by atoms with Crippen LogP contribution in [-0.4, -0.2) is 23.4 Å². The van der Waals surface area contributed by atoms with Crippen molar-refractivity contribution in [1.29, 1.82) is 0 Å². The molecule has 0 aromatic heterocycles. The quantitative estimate of drug-likeness (QED) is 0.389. The number of amides is 3. The third-order valence-electron chi connectivity index (χ3n) is 3.63. The van der Waals surface area contributed by atoms with E-state index in [0.717, 1.165) is 0 Å². The minimum atomic E-state index is -0.967. The van der Waals surface area contributed by atoms with Gasteiger partial charge in [0, 0.05) is 16.4 Å². The summed E-state index contributed by atoms with van der Waals surface area (Å²) in [5, 5.41) is 9.74. The maximum Gasteiger partial charge on any atom is 0.329 e. The average Bonchev–Trinajstić information content (AvgIpc) is 2.65. The van der Waals surface area contributed by atoms with Gasteiger partial charge in [-0.05, 0) is 43.7 Å². The van der Waals surface area contributed by atoms with E-state index in [2.05, 4.69) is 21.2 Å². The minimum absolute atomic E-state index is 0.0828. The van der Waals surface area contributed by atoms with Crippen LogP contribution in [0.5, 0.6) is 0 Å². The number of para-hydroxylation sites is 1. The molecule has 3 amide bonds.